The summed E-state index contributed by atoms with van der Waals surface area (Å²) in [7, 11) is 1.57. The predicted molar refractivity (Wildman–Crippen MR) is 64.2 cm³/mol. The van der Waals surface area contributed by atoms with Crippen molar-refractivity contribution in [1.29, 1.82) is 0 Å². The molecule has 0 heterocycles. The summed E-state index contributed by atoms with van der Waals surface area (Å²) in [6.45, 7) is 0.856. The summed E-state index contributed by atoms with van der Waals surface area (Å²) in [5.41, 5.74) is 10.7. The Morgan fingerprint density at radius 1 is 1.29 bits per heavy atom. The smallest absolute Gasteiger partial charge is 0.244 e. The number of primary amides is 1. The van der Waals surface area contributed by atoms with Gasteiger partial charge in [0.1, 0.15) is 5.54 Å². The Kier molecular flexibility index (Phi) is 5.09. The van der Waals surface area contributed by atoms with Crippen LogP contribution in [0.2, 0.25) is 0 Å². The third-order valence-electron chi connectivity index (χ3n) is 2.49. The minimum absolute atomic E-state index is 0.0374. The topological polar surface area (TPSA) is 87.6 Å². The van der Waals surface area contributed by atoms with Crippen molar-refractivity contribution in [2.24, 2.45) is 11.5 Å². The van der Waals surface area contributed by atoms with Crippen molar-refractivity contribution >= 4 is 5.91 Å². The Bertz CT molecular complexity index is 356. The molecule has 0 aliphatic rings. The normalized spacial score (nSPS) is 14.2. The van der Waals surface area contributed by atoms with Crippen molar-refractivity contribution in [3.05, 3.63) is 35.9 Å². The number of hydrogen-bond acceptors (Lipinski definition) is 4. The molecule has 1 atom stereocenters. The minimum atomic E-state index is -1.30. The van der Waals surface area contributed by atoms with E-state index in [1.165, 1.54) is 0 Å². The van der Waals surface area contributed by atoms with Crippen molar-refractivity contribution in [1.82, 2.24) is 0 Å². The van der Waals surface area contributed by atoms with E-state index in [-0.39, 0.29) is 6.61 Å². The molecule has 0 aromatic heterocycles. The molecule has 1 aromatic rings. The van der Waals surface area contributed by atoms with Crippen LogP contribution in [-0.4, -0.2) is 32.8 Å². The molecule has 1 amide bonds. The molecule has 1 rings (SSSR count). The van der Waals surface area contributed by atoms with Gasteiger partial charge >= 0.3 is 0 Å². The second-order valence-electron chi connectivity index (χ2n) is 3.75. The summed E-state index contributed by atoms with van der Waals surface area (Å²) in [5.74, 6) is -0.610. The molecule has 0 aliphatic carbocycles. The number of carbonyl (C=O) groups excluding carboxylic acids is 1. The SMILES string of the molecule is COCCOCC(N)(C(N)=O)c1ccccc1. The van der Waals surface area contributed by atoms with Gasteiger partial charge in [-0.05, 0) is 5.56 Å². The highest BCUT2D eigenvalue weighted by atomic mass is 16.5. The molecule has 5 nitrogen and oxygen atoms in total. The lowest BCUT2D eigenvalue weighted by Gasteiger charge is -2.26. The molecular formula is C12H18N2O3. The van der Waals surface area contributed by atoms with Gasteiger partial charge in [0.2, 0.25) is 5.91 Å². The van der Waals surface area contributed by atoms with Crippen LogP contribution in [0.25, 0.3) is 0 Å². The first-order chi connectivity index (χ1) is 8.11. The molecule has 17 heavy (non-hydrogen) atoms. The number of benzene rings is 1. The molecule has 94 valence electrons. The zero-order valence-electron chi connectivity index (χ0n) is 9.89. The highest BCUT2D eigenvalue weighted by Gasteiger charge is 2.34. The summed E-state index contributed by atoms with van der Waals surface area (Å²) >= 11 is 0. The fourth-order valence-corrected chi connectivity index (χ4v) is 1.41. The first kappa shape index (κ1) is 13.6. The van der Waals surface area contributed by atoms with E-state index < -0.39 is 11.4 Å². The van der Waals surface area contributed by atoms with Crippen LogP contribution < -0.4 is 11.5 Å². The molecule has 5 heteroatoms. The van der Waals surface area contributed by atoms with Crippen LogP contribution in [0.4, 0.5) is 0 Å². The molecule has 0 radical (unpaired) electrons. The van der Waals surface area contributed by atoms with E-state index in [9.17, 15) is 4.79 Å². The lowest BCUT2D eigenvalue weighted by molar-refractivity contribution is -0.126. The third kappa shape index (κ3) is 3.52. The summed E-state index contributed by atoms with van der Waals surface area (Å²) < 4.78 is 10.1. The second kappa shape index (κ2) is 6.34. The van der Waals surface area contributed by atoms with Gasteiger partial charge in [-0.15, -0.1) is 0 Å². The van der Waals surface area contributed by atoms with Crippen LogP contribution in [-0.2, 0) is 19.8 Å². The van der Waals surface area contributed by atoms with Gasteiger partial charge in [-0.3, -0.25) is 4.79 Å². The number of carbonyl (C=O) groups is 1. The maximum Gasteiger partial charge on any atom is 0.244 e. The quantitative estimate of drug-likeness (QED) is 0.654. The van der Waals surface area contributed by atoms with Crippen molar-refractivity contribution in [3.8, 4) is 0 Å². The van der Waals surface area contributed by atoms with E-state index >= 15 is 0 Å². The molecule has 4 N–H and O–H groups in total. The maximum atomic E-state index is 11.5. The maximum absolute atomic E-state index is 11.5. The predicted octanol–water partition coefficient (Wildman–Crippen LogP) is -0.0111. The third-order valence-corrected chi connectivity index (χ3v) is 2.49. The number of hydrogen-bond donors (Lipinski definition) is 2. The molecule has 1 aromatic carbocycles. The van der Waals surface area contributed by atoms with Crippen LogP contribution in [0, 0.1) is 0 Å². The summed E-state index contributed by atoms with van der Waals surface area (Å²) in [5, 5.41) is 0. The molecule has 0 saturated heterocycles. The number of ether oxygens (including phenoxy) is 2. The van der Waals surface area contributed by atoms with Crippen molar-refractivity contribution in [2.45, 2.75) is 5.54 Å². The number of rotatable bonds is 7. The Balaban J connectivity index is 2.73. The van der Waals surface area contributed by atoms with Gasteiger partial charge in [0.25, 0.3) is 0 Å². The highest BCUT2D eigenvalue weighted by molar-refractivity contribution is 5.86. The Morgan fingerprint density at radius 2 is 1.94 bits per heavy atom. The molecule has 0 bridgehead atoms. The van der Waals surface area contributed by atoms with Gasteiger partial charge in [0.05, 0.1) is 19.8 Å². The summed E-state index contributed by atoms with van der Waals surface area (Å²) in [6, 6.07) is 8.95. The fourth-order valence-electron chi connectivity index (χ4n) is 1.41. The van der Waals surface area contributed by atoms with Gasteiger partial charge in [0.15, 0.2) is 0 Å². The van der Waals surface area contributed by atoms with Crippen LogP contribution >= 0.6 is 0 Å². The molecule has 1 unspecified atom stereocenters. The number of nitrogens with two attached hydrogens (primary N) is 2. The molecule has 0 saturated carbocycles. The van der Waals surface area contributed by atoms with Crippen LogP contribution in [0.5, 0.6) is 0 Å². The standard InChI is InChI=1S/C12H18N2O3/c1-16-7-8-17-9-12(14,11(13)15)10-5-3-2-4-6-10/h2-6H,7-9,14H2,1H3,(H2,13,15). The first-order valence-corrected chi connectivity index (χ1v) is 5.32. The van der Waals surface area contributed by atoms with Gasteiger partial charge in [-0.25, -0.2) is 0 Å². The zero-order valence-corrected chi connectivity index (χ0v) is 9.89. The van der Waals surface area contributed by atoms with E-state index in [4.69, 9.17) is 20.9 Å². The van der Waals surface area contributed by atoms with E-state index in [1.54, 1.807) is 31.4 Å². The molecule has 0 fully saturated rings. The van der Waals surface area contributed by atoms with Crippen LogP contribution in [0.1, 0.15) is 5.56 Å². The highest BCUT2D eigenvalue weighted by Crippen LogP contribution is 2.18. The van der Waals surface area contributed by atoms with Gasteiger partial charge < -0.3 is 20.9 Å². The summed E-state index contributed by atoms with van der Waals surface area (Å²) in [6.07, 6.45) is 0. The fraction of sp³-hybridized carbons (Fsp3) is 0.417. The Morgan fingerprint density at radius 3 is 2.47 bits per heavy atom. The molecule has 0 aliphatic heterocycles. The Hall–Kier alpha value is -1.43. The summed E-state index contributed by atoms with van der Waals surface area (Å²) in [4.78, 5) is 11.5. The zero-order chi connectivity index (χ0) is 12.7. The van der Waals surface area contributed by atoms with Crippen LogP contribution in [0.3, 0.4) is 0 Å². The largest absolute Gasteiger partial charge is 0.382 e. The van der Waals surface area contributed by atoms with Crippen molar-refractivity contribution in [3.63, 3.8) is 0 Å². The van der Waals surface area contributed by atoms with E-state index in [1.807, 2.05) is 6.07 Å². The average Bonchev–Trinajstić information content (AvgIpc) is 2.35. The molecule has 0 spiro atoms. The van der Waals surface area contributed by atoms with E-state index in [0.29, 0.717) is 18.8 Å². The number of amides is 1. The van der Waals surface area contributed by atoms with E-state index in [0.717, 1.165) is 0 Å². The van der Waals surface area contributed by atoms with Gasteiger partial charge in [-0.2, -0.15) is 0 Å². The van der Waals surface area contributed by atoms with E-state index in [2.05, 4.69) is 0 Å². The van der Waals surface area contributed by atoms with Gasteiger partial charge in [-0.1, -0.05) is 30.3 Å². The minimum Gasteiger partial charge on any atom is -0.382 e. The van der Waals surface area contributed by atoms with Crippen LogP contribution in [0.15, 0.2) is 30.3 Å². The van der Waals surface area contributed by atoms with Crippen molar-refractivity contribution < 1.29 is 14.3 Å². The monoisotopic (exact) mass is 238 g/mol. The van der Waals surface area contributed by atoms with Gasteiger partial charge in [0, 0.05) is 7.11 Å². The lowest BCUT2D eigenvalue weighted by atomic mass is 9.91. The average molecular weight is 238 g/mol. The first-order valence-electron chi connectivity index (χ1n) is 5.32. The molecular weight excluding hydrogens is 220 g/mol. The Labute approximate surface area is 101 Å². The second-order valence-corrected chi connectivity index (χ2v) is 3.75. The van der Waals surface area contributed by atoms with Crippen molar-refractivity contribution in [2.75, 3.05) is 26.9 Å². The number of methoxy groups -OCH3 is 1. The lowest BCUT2D eigenvalue weighted by Crippen LogP contribution is -2.52.